The summed E-state index contributed by atoms with van der Waals surface area (Å²) in [6.45, 7) is 1.95. The van der Waals surface area contributed by atoms with Gasteiger partial charge in [-0.15, -0.1) is 0 Å². The van der Waals surface area contributed by atoms with Gasteiger partial charge in [-0.3, -0.25) is 4.79 Å². The average Bonchev–Trinajstić information content (AvgIpc) is 2.39. The first-order chi connectivity index (χ1) is 9.52. The van der Waals surface area contributed by atoms with Crippen molar-refractivity contribution in [2.75, 3.05) is 5.73 Å². The number of nitrogens with one attached hydrogen (secondary N) is 1. The van der Waals surface area contributed by atoms with Gasteiger partial charge in [-0.1, -0.05) is 37.1 Å². The minimum Gasteiger partial charge on any atom is -0.383 e. The highest BCUT2D eigenvalue weighted by Gasteiger charge is 2.11. The third-order valence-electron chi connectivity index (χ3n) is 2.99. The van der Waals surface area contributed by atoms with Crippen LogP contribution in [0.3, 0.4) is 0 Å². The highest BCUT2D eigenvalue weighted by molar-refractivity contribution is 6.30. The molecule has 0 aliphatic rings. The second kappa shape index (κ2) is 6.05. The quantitative estimate of drug-likeness (QED) is 0.911. The van der Waals surface area contributed by atoms with Crippen molar-refractivity contribution in [1.29, 1.82) is 0 Å². The van der Waals surface area contributed by atoms with Crippen molar-refractivity contribution in [2.24, 2.45) is 0 Å². The zero-order chi connectivity index (χ0) is 14.7. The molecule has 106 valence electrons. The lowest BCUT2D eigenvalue weighted by molar-refractivity contribution is 0.612. The smallest absolute Gasteiger partial charge is 0.256 e. The van der Waals surface area contributed by atoms with Gasteiger partial charge >= 0.3 is 0 Å². The maximum Gasteiger partial charge on any atom is 0.256 e. The molecule has 4 nitrogen and oxygen atoms in total. The van der Waals surface area contributed by atoms with Gasteiger partial charge < -0.3 is 10.7 Å². The molecule has 0 saturated carbocycles. The van der Waals surface area contributed by atoms with Crippen molar-refractivity contribution in [3.8, 4) is 0 Å². The molecule has 2 rings (SSSR count). The van der Waals surface area contributed by atoms with Crippen LogP contribution in [0.25, 0.3) is 0 Å². The average molecular weight is 296 g/mol. The number of nitrogen functional groups attached to an aromatic ring is 1. The number of nitrogens with zero attached hydrogens (tertiary/aromatic N) is 1. The molecule has 0 atom stereocenters. The van der Waals surface area contributed by atoms with Gasteiger partial charge in [0.25, 0.3) is 5.56 Å². The van der Waals surface area contributed by atoms with E-state index in [0.29, 0.717) is 23.4 Å². The lowest BCUT2D eigenvalue weighted by atomic mass is 10.1. The summed E-state index contributed by atoms with van der Waals surface area (Å²) in [7, 11) is 0. The Hall–Kier alpha value is -1.88. The van der Waals surface area contributed by atoms with Crippen molar-refractivity contribution >= 4 is 17.4 Å². The maximum atomic E-state index is 13.8. The molecule has 1 aromatic heterocycles. The number of benzene rings is 1. The highest BCUT2D eigenvalue weighted by atomic mass is 35.5. The maximum absolute atomic E-state index is 13.8. The van der Waals surface area contributed by atoms with Crippen molar-refractivity contribution in [3.63, 3.8) is 0 Å². The summed E-state index contributed by atoms with van der Waals surface area (Å²) in [5.74, 6) is 0.0228. The number of aromatic amines is 1. The van der Waals surface area contributed by atoms with Crippen LogP contribution in [0.1, 0.15) is 30.3 Å². The number of halogens is 2. The summed E-state index contributed by atoms with van der Waals surface area (Å²) in [6, 6.07) is 4.71. The van der Waals surface area contributed by atoms with Crippen LogP contribution < -0.4 is 11.3 Å². The fourth-order valence-electron chi connectivity index (χ4n) is 2.00. The zero-order valence-corrected chi connectivity index (χ0v) is 11.8. The van der Waals surface area contributed by atoms with Gasteiger partial charge in [0.05, 0.1) is 10.6 Å². The van der Waals surface area contributed by atoms with Gasteiger partial charge in [-0.05, 0) is 18.1 Å². The molecule has 0 aliphatic carbocycles. The van der Waals surface area contributed by atoms with Gasteiger partial charge in [-0.2, -0.15) is 0 Å². The molecule has 0 spiro atoms. The third-order valence-corrected chi connectivity index (χ3v) is 3.28. The fourth-order valence-corrected chi connectivity index (χ4v) is 2.20. The molecule has 0 fully saturated rings. The van der Waals surface area contributed by atoms with Gasteiger partial charge in [-0.25, -0.2) is 9.37 Å². The predicted molar refractivity (Wildman–Crippen MR) is 77.5 cm³/mol. The first-order valence-electron chi connectivity index (χ1n) is 6.33. The molecule has 6 heteroatoms. The van der Waals surface area contributed by atoms with Gasteiger partial charge in [0, 0.05) is 6.42 Å². The van der Waals surface area contributed by atoms with E-state index in [-0.39, 0.29) is 22.8 Å². The number of anilines is 1. The number of hydrogen-bond donors (Lipinski definition) is 2. The van der Waals surface area contributed by atoms with E-state index in [1.807, 2.05) is 6.92 Å². The molecule has 0 radical (unpaired) electrons. The summed E-state index contributed by atoms with van der Waals surface area (Å²) < 4.78 is 13.8. The molecular formula is C14H15ClFN3O. The Bertz CT molecular complexity index is 685. The molecule has 0 amide bonds. The molecule has 2 aromatic rings. The van der Waals surface area contributed by atoms with Crippen molar-refractivity contribution < 1.29 is 4.39 Å². The number of hydrogen-bond acceptors (Lipinski definition) is 3. The van der Waals surface area contributed by atoms with E-state index in [2.05, 4.69) is 9.97 Å². The molecule has 3 N–H and O–H groups in total. The lowest BCUT2D eigenvalue weighted by Crippen LogP contribution is -2.20. The SMILES string of the molecule is CCCc1c(N)nc(Cc2cccc(Cl)c2F)[nH]c1=O. The summed E-state index contributed by atoms with van der Waals surface area (Å²) in [5.41, 5.74) is 6.35. The van der Waals surface area contributed by atoms with Gasteiger partial charge in [0.1, 0.15) is 17.5 Å². The Kier molecular flexibility index (Phi) is 4.39. The minimum atomic E-state index is -0.506. The molecule has 1 aromatic carbocycles. The number of H-pyrrole nitrogens is 1. The van der Waals surface area contributed by atoms with Crippen LogP contribution in [0, 0.1) is 5.82 Å². The molecule has 0 unspecified atom stereocenters. The van der Waals surface area contributed by atoms with Crippen molar-refractivity contribution in [1.82, 2.24) is 9.97 Å². The first-order valence-corrected chi connectivity index (χ1v) is 6.71. The molecular weight excluding hydrogens is 281 g/mol. The predicted octanol–water partition coefficient (Wildman–Crippen LogP) is 2.69. The highest BCUT2D eigenvalue weighted by Crippen LogP contribution is 2.19. The van der Waals surface area contributed by atoms with Crippen molar-refractivity contribution in [2.45, 2.75) is 26.2 Å². The molecule has 0 saturated heterocycles. The van der Waals surface area contributed by atoms with Crippen LogP contribution in [-0.2, 0) is 12.8 Å². The Morgan fingerprint density at radius 3 is 2.85 bits per heavy atom. The van der Waals surface area contributed by atoms with E-state index in [1.54, 1.807) is 12.1 Å². The van der Waals surface area contributed by atoms with Crippen LogP contribution in [0.15, 0.2) is 23.0 Å². The first kappa shape index (κ1) is 14.5. The summed E-state index contributed by atoms with van der Waals surface area (Å²) >= 11 is 5.72. The van der Waals surface area contributed by atoms with Crippen LogP contribution in [0.2, 0.25) is 5.02 Å². The second-order valence-corrected chi connectivity index (χ2v) is 4.92. The van der Waals surface area contributed by atoms with Crippen molar-refractivity contribution in [3.05, 3.63) is 56.3 Å². The van der Waals surface area contributed by atoms with Crippen LogP contribution in [0.5, 0.6) is 0 Å². The monoisotopic (exact) mass is 295 g/mol. The lowest BCUT2D eigenvalue weighted by Gasteiger charge is -2.07. The summed E-state index contributed by atoms with van der Waals surface area (Å²) in [5, 5.41) is 0.0421. The van der Waals surface area contributed by atoms with Gasteiger partial charge in [0.2, 0.25) is 0 Å². The van der Waals surface area contributed by atoms with Crippen LogP contribution >= 0.6 is 11.6 Å². The van der Waals surface area contributed by atoms with E-state index in [1.165, 1.54) is 6.07 Å². The molecule has 0 aliphatic heterocycles. The second-order valence-electron chi connectivity index (χ2n) is 4.52. The van der Waals surface area contributed by atoms with Crippen LogP contribution in [-0.4, -0.2) is 9.97 Å². The Morgan fingerprint density at radius 1 is 1.45 bits per heavy atom. The van der Waals surface area contributed by atoms with E-state index in [0.717, 1.165) is 6.42 Å². The van der Waals surface area contributed by atoms with E-state index in [4.69, 9.17) is 17.3 Å². The Labute approximate surface area is 120 Å². The topological polar surface area (TPSA) is 71.8 Å². The van der Waals surface area contributed by atoms with Gasteiger partial charge in [0.15, 0.2) is 0 Å². The summed E-state index contributed by atoms with van der Waals surface area (Å²) in [4.78, 5) is 18.7. The Balaban J connectivity index is 2.35. The van der Waals surface area contributed by atoms with E-state index in [9.17, 15) is 9.18 Å². The minimum absolute atomic E-state index is 0.0421. The standard InChI is InChI=1S/C14H15ClFN3O/c1-2-4-9-13(17)18-11(19-14(9)20)7-8-5-3-6-10(15)12(8)16/h3,5-6H,2,4,7H2,1H3,(H3,17,18,19,20). The van der Waals surface area contributed by atoms with Crippen LogP contribution in [0.4, 0.5) is 10.2 Å². The largest absolute Gasteiger partial charge is 0.383 e. The number of nitrogens with two attached hydrogens (primary N) is 1. The normalized spacial score (nSPS) is 10.8. The fraction of sp³-hybridized carbons (Fsp3) is 0.286. The molecule has 1 heterocycles. The molecule has 0 bridgehead atoms. The molecule has 20 heavy (non-hydrogen) atoms. The summed E-state index contributed by atoms with van der Waals surface area (Å²) in [6.07, 6.45) is 1.51. The van der Waals surface area contributed by atoms with E-state index < -0.39 is 5.82 Å². The Morgan fingerprint density at radius 2 is 2.20 bits per heavy atom. The number of aromatic nitrogens is 2. The van der Waals surface area contributed by atoms with E-state index >= 15 is 0 Å². The number of rotatable bonds is 4. The third kappa shape index (κ3) is 2.99. The zero-order valence-electron chi connectivity index (χ0n) is 11.0.